The van der Waals surface area contributed by atoms with Crippen molar-refractivity contribution in [1.82, 2.24) is 5.43 Å². The molecule has 158 valence electrons. The Morgan fingerprint density at radius 3 is 2.65 bits per heavy atom. The van der Waals surface area contributed by atoms with Crippen LogP contribution in [-0.4, -0.2) is 23.3 Å². The van der Waals surface area contributed by atoms with E-state index >= 15 is 0 Å². The van der Waals surface area contributed by atoms with Crippen LogP contribution in [0.25, 0.3) is 0 Å². The average Bonchev–Trinajstić information content (AvgIpc) is 2.75. The number of carboxylic acid groups (broad SMARTS) is 1. The van der Waals surface area contributed by atoms with Crippen LogP contribution in [0.5, 0.6) is 5.75 Å². The van der Waals surface area contributed by atoms with Gasteiger partial charge in [0.05, 0.1) is 16.8 Å². The van der Waals surface area contributed by atoms with Gasteiger partial charge in [-0.3, -0.25) is 0 Å². The van der Waals surface area contributed by atoms with Crippen LogP contribution in [0.1, 0.15) is 27.0 Å². The first kappa shape index (κ1) is 21.9. The number of nitrogens with one attached hydrogen (secondary N) is 2. The number of rotatable bonds is 7. The summed E-state index contributed by atoms with van der Waals surface area (Å²) in [4.78, 5) is 23.0. The van der Waals surface area contributed by atoms with Crippen LogP contribution in [0.4, 0.5) is 10.5 Å². The molecule has 7 nitrogen and oxygen atoms in total. The Hall–Kier alpha value is -3.84. The predicted molar refractivity (Wildman–Crippen MR) is 120 cm³/mol. The zero-order valence-electron chi connectivity index (χ0n) is 16.6. The van der Waals surface area contributed by atoms with E-state index in [1.54, 1.807) is 42.5 Å². The first-order chi connectivity index (χ1) is 14.9. The topological polar surface area (TPSA) is 100 Å². The minimum Gasteiger partial charge on any atom is -0.487 e. The molecule has 0 heterocycles. The lowest BCUT2D eigenvalue weighted by atomic mass is 10.1. The van der Waals surface area contributed by atoms with Crippen LogP contribution in [0.2, 0.25) is 5.02 Å². The zero-order chi connectivity index (χ0) is 22.2. The molecule has 0 aromatic heterocycles. The van der Waals surface area contributed by atoms with Crippen molar-refractivity contribution < 1.29 is 19.4 Å². The molecule has 31 heavy (non-hydrogen) atoms. The Balaban J connectivity index is 1.55. The monoisotopic (exact) mass is 437 g/mol. The molecule has 0 unspecified atom stereocenters. The number of amides is 2. The predicted octanol–water partition coefficient (Wildman–Crippen LogP) is 5.08. The summed E-state index contributed by atoms with van der Waals surface area (Å²) in [5.74, 6) is -0.547. The van der Waals surface area contributed by atoms with Crippen molar-refractivity contribution in [3.05, 3.63) is 94.0 Å². The third kappa shape index (κ3) is 6.32. The Bertz CT molecular complexity index is 1130. The van der Waals surface area contributed by atoms with Gasteiger partial charge in [0.25, 0.3) is 0 Å². The van der Waals surface area contributed by atoms with Gasteiger partial charge in [0, 0.05) is 5.69 Å². The van der Waals surface area contributed by atoms with E-state index < -0.39 is 12.0 Å². The number of hydrogen-bond donors (Lipinski definition) is 3. The first-order valence-corrected chi connectivity index (χ1v) is 9.70. The summed E-state index contributed by atoms with van der Waals surface area (Å²) in [6.07, 6.45) is 1.46. The largest absolute Gasteiger partial charge is 0.487 e. The molecule has 0 aliphatic heterocycles. The number of aromatic carboxylic acids is 1. The molecule has 3 rings (SSSR count). The van der Waals surface area contributed by atoms with Gasteiger partial charge in [-0.1, -0.05) is 41.9 Å². The zero-order valence-corrected chi connectivity index (χ0v) is 17.4. The van der Waals surface area contributed by atoms with Crippen molar-refractivity contribution in [3.63, 3.8) is 0 Å². The third-order valence-corrected chi connectivity index (χ3v) is 4.59. The van der Waals surface area contributed by atoms with E-state index in [9.17, 15) is 9.59 Å². The van der Waals surface area contributed by atoms with Crippen molar-refractivity contribution in [2.45, 2.75) is 13.5 Å². The lowest BCUT2D eigenvalue weighted by Gasteiger charge is -2.09. The molecule has 2 amide bonds. The first-order valence-electron chi connectivity index (χ1n) is 9.32. The maximum Gasteiger partial charge on any atom is 0.339 e. The quantitative estimate of drug-likeness (QED) is 0.354. The average molecular weight is 438 g/mol. The van der Waals surface area contributed by atoms with Crippen LogP contribution in [0.3, 0.4) is 0 Å². The van der Waals surface area contributed by atoms with Crippen molar-refractivity contribution >= 4 is 35.5 Å². The maximum atomic E-state index is 11.9. The summed E-state index contributed by atoms with van der Waals surface area (Å²) in [5.41, 5.74) is 5.62. The standard InChI is InChI=1S/C23H20ClN3O4/c1-15-5-2-3-8-20(15)26-23(30)27-25-13-16-9-10-21(19(24)12-16)31-14-17-6-4-7-18(11-17)22(28)29/h2-13H,14H2,1H3,(H,28,29)(H2,26,27,30). The summed E-state index contributed by atoms with van der Waals surface area (Å²) < 4.78 is 5.68. The summed E-state index contributed by atoms with van der Waals surface area (Å²) in [6.45, 7) is 2.07. The highest BCUT2D eigenvalue weighted by Gasteiger charge is 2.07. The fraction of sp³-hybridized carbons (Fsp3) is 0.0870. The molecule has 0 radical (unpaired) electrons. The number of carbonyl (C=O) groups is 2. The van der Waals surface area contributed by atoms with Crippen LogP contribution in [-0.2, 0) is 6.61 Å². The van der Waals surface area contributed by atoms with Crippen LogP contribution in [0, 0.1) is 6.92 Å². The number of anilines is 1. The van der Waals surface area contributed by atoms with E-state index in [-0.39, 0.29) is 12.2 Å². The van der Waals surface area contributed by atoms with Gasteiger partial charge in [-0.25, -0.2) is 15.0 Å². The highest BCUT2D eigenvalue weighted by Crippen LogP contribution is 2.26. The van der Waals surface area contributed by atoms with Crippen molar-refractivity contribution in [1.29, 1.82) is 0 Å². The van der Waals surface area contributed by atoms with Gasteiger partial charge in [-0.15, -0.1) is 0 Å². The molecule has 0 spiro atoms. The minimum atomic E-state index is -0.996. The third-order valence-electron chi connectivity index (χ3n) is 4.30. The molecule has 3 aromatic carbocycles. The van der Waals surface area contributed by atoms with Gasteiger partial charge in [0.1, 0.15) is 12.4 Å². The SMILES string of the molecule is Cc1ccccc1NC(=O)NN=Cc1ccc(OCc2cccc(C(=O)O)c2)c(Cl)c1. The smallest absolute Gasteiger partial charge is 0.339 e. The summed E-state index contributed by atoms with van der Waals surface area (Å²) in [7, 11) is 0. The number of aryl methyl sites for hydroxylation is 1. The second kappa shape index (κ2) is 10.3. The summed E-state index contributed by atoms with van der Waals surface area (Å²) in [5, 5.41) is 16.0. The van der Waals surface area contributed by atoms with Gasteiger partial charge < -0.3 is 15.2 Å². The lowest BCUT2D eigenvalue weighted by molar-refractivity contribution is 0.0696. The summed E-state index contributed by atoms with van der Waals surface area (Å²) >= 11 is 6.26. The van der Waals surface area contributed by atoms with E-state index in [0.29, 0.717) is 27.6 Å². The Morgan fingerprint density at radius 1 is 1.10 bits per heavy atom. The molecule has 0 bridgehead atoms. The Morgan fingerprint density at radius 2 is 1.90 bits per heavy atom. The van der Waals surface area contributed by atoms with Gasteiger partial charge in [0.2, 0.25) is 0 Å². The number of benzene rings is 3. The number of halogens is 1. The molecule has 0 aliphatic rings. The van der Waals surface area contributed by atoms with Crippen molar-refractivity contribution in [3.8, 4) is 5.75 Å². The van der Waals surface area contributed by atoms with Crippen LogP contribution >= 0.6 is 11.6 Å². The summed E-state index contributed by atoms with van der Waals surface area (Å²) in [6, 6.07) is 18.5. The maximum absolute atomic E-state index is 11.9. The minimum absolute atomic E-state index is 0.176. The molecule has 0 atom stereocenters. The number of ether oxygens (including phenoxy) is 1. The van der Waals surface area contributed by atoms with Crippen molar-refractivity contribution in [2.75, 3.05) is 5.32 Å². The van der Waals surface area contributed by atoms with Gasteiger partial charge in [-0.2, -0.15) is 5.10 Å². The molecule has 8 heteroatoms. The normalized spacial score (nSPS) is 10.6. The highest BCUT2D eigenvalue weighted by molar-refractivity contribution is 6.32. The number of hydrogen-bond acceptors (Lipinski definition) is 4. The Kier molecular flexibility index (Phi) is 7.24. The lowest BCUT2D eigenvalue weighted by Crippen LogP contribution is -2.24. The molecular formula is C23H20ClN3O4. The molecule has 0 aliphatic carbocycles. The van der Waals surface area contributed by atoms with E-state index in [4.69, 9.17) is 21.4 Å². The molecule has 0 saturated heterocycles. The van der Waals surface area contributed by atoms with E-state index in [1.165, 1.54) is 12.3 Å². The fourth-order valence-corrected chi connectivity index (χ4v) is 2.94. The molecule has 3 aromatic rings. The van der Waals surface area contributed by atoms with Gasteiger partial charge in [-0.05, 0) is 60.0 Å². The van der Waals surface area contributed by atoms with Crippen molar-refractivity contribution in [2.24, 2.45) is 5.10 Å². The highest BCUT2D eigenvalue weighted by atomic mass is 35.5. The van der Waals surface area contributed by atoms with Gasteiger partial charge in [0.15, 0.2) is 0 Å². The van der Waals surface area contributed by atoms with Crippen LogP contribution in [0.15, 0.2) is 71.8 Å². The molecular weight excluding hydrogens is 418 g/mol. The van der Waals surface area contributed by atoms with Crippen LogP contribution < -0.4 is 15.5 Å². The van der Waals surface area contributed by atoms with E-state index in [2.05, 4.69) is 15.8 Å². The fourth-order valence-electron chi connectivity index (χ4n) is 2.70. The Labute approximate surface area is 184 Å². The second-order valence-corrected chi connectivity index (χ2v) is 7.03. The number of nitrogens with zero attached hydrogens (tertiary/aromatic N) is 1. The number of hydrazone groups is 1. The second-order valence-electron chi connectivity index (χ2n) is 6.62. The number of urea groups is 1. The molecule has 0 fully saturated rings. The van der Waals surface area contributed by atoms with E-state index in [0.717, 1.165) is 5.56 Å². The number of carboxylic acids is 1. The van der Waals surface area contributed by atoms with Gasteiger partial charge >= 0.3 is 12.0 Å². The number of carbonyl (C=O) groups excluding carboxylic acids is 1. The van der Waals surface area contributed by atoms with E-state index in [1.807, 2.05) is 25.1 Å². The molecule has 3 N–H and O–H groups in total. The molecule has 0 saturated carbocycles. The number of para-hydroxylation sites is 1.